The fourth-order valence-electron chi connectivity index (χ4n) is 2.38. The van der Waals surface area contributed by atoms with E-state index in [2.05, 4.69) is 30.2 Å². The molecule has 22 heavy (non-hydrogen) atoms. The standard InChI is InChI=1S/C14H15N7O/c1-3-16-14-19-12(10-22-21(14)7-1)11-2-4-17-13(18-11)20-8-5-15-6-9-20/h1-4,7,10,15H,5-6,8-9H2. The monoisotopic (exact) mass is 297 g/mol. The Bertz CT molecular complexity index is 688. The van der Waals surface area contributed by atoms with E-state index < -0.39 is 0 Å². The number of nitrogens with zero attached hydrogens (tertiary/aromatic N) is 6. The van der Waals surface area contributed by atoms with E-state index in [0.29, 0.717) is 11.7 Å². The lowest BCUT2D eigenvalue weighted by Gasteiger charge is -2.27. The van der Waals surface area contributed by atoms with Gasteiger partial charge in [-0.1, -0.05) is 0 Å². The number of nitrogens with one attached hydrogen (secondary N) is 1. The Labute approximate surface area is 127 Å². The molecule has 0 amide bonds. The second-order valence-electron chi connectivity index (χ2n) is 4.94. The third kappa shape index (κ3) is 2.44. The van der Waals surface area contributed by atoms with Crippen LogP contribution in [0.1, 0.15) is 5.69 Å². The average molecular weight is 297 g/mol. The van der Waals surface area contributed by atoms with Crippen molar-refractivity contribution in [2.24, 2.45) is 9.98 Å². The summed E-state index contributed by atoms with van der Waals surface area (Å²) in [5.41, 5.74) is 1.36. The smallest absolute Gasteiger partial charge is 0.264 e. The van der Waals surface area contributed by atoms with Crippen molar-refractivity contribution in [1.29, 1.82) is 0 Å². The number of rotatable bonds is 2. The minimum atomic E-state index is 0.488. The Morgan fingerprint density at radius 3 is 3.05 bits per heavy atom. The van der Waals surface area contributed by atoms with Crippen molar-refractivity contribution in [2.75, 3.05) is 31.1 Å². The number of hydrogen-bond donors (Lipinski definition) is 1. The van der Waals surface area contributed by atoms with Crippen molar-refractivity contribution in [3.05, 3.63) is 36.5 Å². The van der Waals surface area contributed by atoms with Gasteiger partial charge in [-0.2, -0.15) is 0 Å². The molecule has 4 heterocycles. The summed E-state index contributed by atoms with van der Waals surface area (Å²) < 4.78 is 0. The van der Waals surface area contributed by atoms with Crippen LogP contribution in [0.25, 0.3) is 5.70 Å². The molecule has 0 atom stereocenters. The largest absolute Gasteiger partial charge is 0.378 e. The first kappa shape index (κ1) is 13.0. The van der Waals surface area contributed by atoms with Crippen LogP contribution in [0.5, 0.6) is 0 Å². The van der Waals surface area contributed by atoms with Gasteiger partial charge >= 0.3 is 0 Å². The average Bonchev–Trinajstić information content (AvgIpc) is 2.62. The van der Waals surface area contributed by atoms with Gasteiger partial charge in [-0.3, -0.25) is 0 Å². The van der Waals surface area contributed by atoms with E-state index in [4.69, 9.17) is 4.84 Å². The highest BCUT2D eigenvalue weighted by Crippen LogP contribution is 2.22. The summed E-state index contributed by atoms with van der Waals surface area (Å²) in [5, 5.41) is 4.82. The molecule has 112 valence electrons. The van der Waals surface area contributed by atoms with Gasteiger partial charge < -0.3 is 15.1 Å². The number of hydrogen-bond acceptors (Lipinski definition) is 8. The molecule has 0 aromatic carbocycles. The van der Waals surface area contributed by atoms with Gasteiger partial charge in [0.2, 0.25) is 5.95 Å². The van der Waals surface area contributed by atoms with Crippen LogP contribution < -0.4 is 10.2 Å². The summed E-state index contributed by atoms with van der Waals surface area (Å²) >= 11 is 0. The van der Waals surface area contributed by atoms with Crippen molar-refractivity contribution < 1.29 is 4.84 Å². The summed E-state index contributed by atoms with van der Waals surface area (Å²) in [6.45, 7) is 3.68. The normalized spacial score (nSPS) is 20.2. The number of allylic oxidation sites excluding steroid dienone is 1. The number of aromatic nitrogens is 2. The SMILES string of the molecule is C1=CN2OC=C(c3ccnc(N4CCNCC4)n3)N=C2N=C1. The lowest BCUT2D eigenvalue weighted by Crippen LogP contribution is -2.44. The minimum absolute atomic E-state index is 0.488. The van der Waals surface area contributed by atoms with Gasteiger partial charge in [-0.25, -0.2) is 20.0 Å². The number of anilines is 1. The Morgan fingerprint density at radius 1 is 1.23 bits per heavy atom. The van der Waals surface area contributed by atoms with Crippen molar-refractivity contribution in [3.8, 4) is 0 Å². The minimum Gasteiger partial charge on any atom is -0.378 e. The fourth-order valence-corrected chi connectivity index (χ4v) is 2.38. The van der Waals surface area contributed by atoms with Gasteiger partial charge in [0.05, 0.1) is 5.69 Å². The summed E-state index contributed by atoms with van der Waals surface area (Å²) in [6.07, 6.45) is 8.53. The van der Waals surface area contributed by atoms with Crippen LogP contribution in [0.4, 0.5) is 5.95 Å². The number of aliphatic imine (C=N–C) groups is 2. The van der Waals surface area contributed by atoms with Crippen molar-refractivity contribution >= 4 is 23.8 Å². The highest BCUT2D eigenvalue weighted by molar-refractivity contribution is 5.96. The zero-order chi connectivity index (χ0) is 14.8. The molecule has 8 nitrogen and oxygen atoms in total. The lowest BCUT2D eigenvalue weighted by molar-refractivity contribution is 0.0111. The lowest BCUT2D eigenvalue weighted by atomic mass is 10.3. The Balaban J connectivity index is 1.60. The van der Waals surface area contributed by atoms with Crippen LogP contribution in [-0.4, -0.2) is 53.4 Å². The first-order valence-corrected chi connectivity index (χ1v) is 7.15. The van der Waals surface area contributed by atoms with E-state index in [1.165, 1.54) is 5.06 Å². The number of piperazine rings is 1. The molecule has 0 unspecified atom stereocenters. The van der Waals surface area contributed by atoms with Crippen LogP contribution >= 0.6 is 0 Å². The highest BCUT2D eigenvalue weighted by Gasteiger charge is 2.19. The first-order valence-electron chi connectivity index (χ1n) is 7.15. The topological polar surface area (TPSA) is 78.2 Å². The molecule has 1 aromatic rings. The van der Waals surface area contributed by atoms with E-state index in [0.717, 1.165) is 37.8 Å². The third-order valence-corrected chi connectivity index (χ3v) is 3.50. The van der Waals surface area contributed by atoms with Crippen molar-refractivity contribution in [1.82, 2.24) is 20.3 Å². The van der Waals surface area contributed by atoms with E-state index in [1.54, 1.807) is 30.9 Å². The number of fused-ring (bicyclic) bond motifs is 1. The zero-order valence-electron chi connectivity index (χ0n) is 11.9. The van der Waals surface area contributed by atoms with Crippen molar-refractivity contribution in [2.45, 2.75) is 0 Å². The molecular weight excluding hydrogens is 282 g/mol. The Hall–Kier alpha value is -2.74. The van der Waals surface area contributed by atoms with Gasteiger partial charge in [0.25, 0.3) is 5.96 Å². The molecule has 0 saturated carbocycles. The molecule has 3 aliphatic heterocycles. The second-order valence-corrected chi connectivity index (χ2v) is 4.94. The summed E-state index contributed by atoms with van der Waals surface area (Å²) in [5.74, 6) is 1.21. The molecule has 0 radical (unpaired) electrons. The summed E-state index contributed by atoms with van der Waals surface area (Å²) in [4.78, 5) is 25.3. The first-order chi connectivity index (χ1) is 10.9. The third-order valence-electron chi connectivity index (χ3n) is 3.50. The van der Waals surface area contributed by atoms with Crippen LogP contribution in [-0.2, 0) is 4.84 Å². The van der Waals surface area contributed by atoms with E-state index in [9.17, 15) is 0 Å². The van der Waals surface area contributed by atoms with Gasteiger partial charge in [0.1, 0.15) is 12.0 Å². The molecule has 1 aromatic heterocycles. The highest BCUT2D eigenvalue weighted by atomic mass is 16.7. The number of guanidine groups is 1. The van der Waals surface area contributed by atoms with E-state index >= 15 is 0 Å². The van der Waals surface area contributed by atoms with Gasteiger partial charge in [-0.15, -0.1) is 5.06 Å². The molecule has 4 rings (SSSR count). The Kier molecular flexibility index (Phi) is 3.28. The predicted octanol–water partition coefficient (Wildman–Crippen LogP) is 0.386. The van der Waals surface area contributed by atoms with Gasteiger partial charge in [0, 0.05) is 44.8 Å². The Morgan fingerprint density at radius 2 is 2.14 bits per heavy atom. The molecule has 1 N–H and O–H groups in total. The molecular formula is C14H15N7O. The molecule has 0 bridgehead atoms. The molecule has 1 fully saturated rings. The van der Waals surface area contributed by atoms with Gasteiger partial charge in [-0.05, 0) is 12.1 Å². The molecule has 0 aliphatic carbocycles. The molecule has 0 spiro atoms. The fraction of sp³-hybridized carbons (Fsp3) is 0.286. The molecule has 8 heteroatoms. The summed E-state index contributed by atoms with van der Waals surface area (Å²) in [6, 6.07) is 1.82. The maximum Gasteiger partial charge on any atom is 0.264 e. The van der Waals surface area contributed by atoms with Crippen LogP contribution in [0.15, 0.2) is 40.8 Å². The second kappa shape index (κ2) is 5.57. The predicted molar refractivity (Wildman–Crippen MR) is 83.1 cm³/mol. The van der Waals surface area contributed by atoms with Gasteiger partial charge in [0.15, 0.2) is 0 Å². The van der Waals surface area contributed by atoms with Crippen LogP contribution in [0.2, 0.25) is 0 Å². The molecule has 1 saturated heterocycles. The quantitative estimate of drug-likeness (QED) is 0.850. The van der Waals surface area contributed by atoms with E-state index in [1.807, 2.05) is 6.07 Å². The number of hydroxylamine groups is 2. The zero-order valence-corrected chi connectivity index (χ0v) is 11.9. The maximum atomic E-state index is 5.49. The summed E-state index contributed by atoms with van der Waals surface area (Å²) in [7, 11) is 0. The van der Waals surface area contributed by atoms with Crippen LogP contribution in [0, 0.1) is 0 Å². The maximum absolute atomic E-state index is 5.49. The molecule has 3 aliphatic rings. The van der Waals surface area contributed by atoms with Crippen molar-refractivity contribution in [3.63, 3.8) is 0 Å². The van der Waals surface area contributed by atoms with E-state index in [-0.39, 0.29) is 0 Å². The van der Waals surface area contributed by atoms with Crippen LogP contribution in [0.3, 0.4) is 0 Å².